The second kappa shape index (κ2) is 9.96. The maximum atomic E-state index is 12.9. The molecular formula is C22H27F3N4O3S. The van der Waals surface area contributed by atoms with Crippen molar-refractivity contribution in [1.82, 2.24) is 14.2 Å². The van der Waals surface area contributed by atoms with Crippen molar-refractivity contribution in [2.75, 3.05) is 57.4 Å². The molecule has 0 amide bonds. The lowest BCUT2D eigenvalue weighted by Crippen LogP contribution is -2.40. The van der Waals surface area contributed by atoms with Crippen molar-refractivity contribution in [2.24, 2.45) is 0 Å². The van der Waals surface area contributed by atoms with Crippen LogP contribution in [0.5, 0.6) is 0 Å². The van der Waals surface area contributed by atoms with Crippen LogP contribution in [0.15, 0.2) is 47.5 Å². The number of sulfonamides is 1. The van der Waals surface area contributed by atoms with Gasteiger partial charge in [-0.3, -0.25) is 4.90 Å². The number of rotatable bonds is 5. The summed E-state index contributed by atoms with van der Waals surface area (Å²) in [5.74, 6) is 0.531. The molecule has 0 aliphatic carbocycles. The van der Waals surface area contributed by atoms with Crippen LogP contribution in [-0.4, -0.2) is 75.1 Å². The fraction of sp³-hybridized carbons (Fsp3) is 0.500. The number of anilines is 1. The number of hydrogen-bond donors (Lipinski definition) is 0. The van der Waals surface area contributed by atoms with Crippen LogP contribution in [0.25, 0.3) is 0 Å². The SMILES string of the molecule is O=S(=O)(c1cccc(CN2CCCN(c3ccc(C(F)(F)F)cn3)CC2)c1)N1CCOCC1. The Bertz CT molecular complexity index is 1040. The van der Waals surface area contributed by atoms with E-state index in [1.165, 1.54) is 10.4 Å². The van der Waals surface area contributed by atoms with E-state index in [0.717, 1.165) is 30.8 Å². The predicted octanol–water partition coefficient (Wildman–Crippen LogP) is 2.83. The molecule has 2 aliphatic rings. The Balaban J connectivity index is 1.39. The van der Waals surface area contributed by atoms with Crippen molar-refractivity contribution < 1.29 is 26.3 Å². The Labute approximate surface area is 191 Å². The average molecular weight is 485 g/mol. The van der Waals surface area contributed by atoms with E-state index in [9.17, 15) is 21.6 Å². The molecule has 0 radical (unpaired) electrons. The molecule has 2 fully saturated rings. The molecule has 11 heteroatoms. The fourth-order valence-electron chi connectivity index (χ4n) is 4.10. The molecule has 0 bridgehead atoms. The van der Waals surface area contributed by atoms with Crippen molar-refractivity contribution in [1.29, 1.82) is 0 Å². The third-order valence-corrected chi connectivity index (χ3v) is 7.79. The minimum atomic E-state index is -4.40. The molecular weight excluding hydrogens is 457 g/mol. The van der Waals surface area contributed by atoms with Crippen LogP contribution in [0, 0.1) is 0 Å². The standard InChI is InChI=1S/C22H27F3N4O3S/c23-22(24,25)19-5-6-21(26-16-19)28-8-2-7-27(9-10-28)17-18-3-1-4-20(15-18)33(30,31)29-11-13-32-14-12-29/h1,3-6,15-16H,2,7-14,17H2. The molecule has 180 valence electrons. The molecule has 4 rings (SSSR count). The van der Waals surface area contributed by atoms with Gasteiger partial charge < -0.3 is 9.64 Å². The number of alkyl halides is 3. The van der Waals surface area contributed by atoms with Crippen LogP contribution in [0.2, 0.25) is 0 Å². The molecule has 0 spiro atoms. The van der Waals surface area contributed by atoms with Crippen LogP contribution in [0.4, 0.5) is 19.0 Å². The van der Waals surface area contributed by atoms with Crippen molar-refractivity contribution in [3.63, 3.8) is 0 Å². The molecule has 2 aromatic rings. The van der Waals surface area contributed by atoms with E-state index in [-0.39, 0.29) is 4.90 Å². The Hall–Kier alpha value is -2.21. The molecule has 7 nitrogen and oxygen atoms in total. The summed E-state index contributed by atoms with van der Waals surface area (Å²) in [4.78, 5) is 8.51. The second-order valence-corrected chi connectivity index (χ2v) is 10.1. The van der Waals surface area contributed by atoms with Crippen molar-refractivity contribution >= 4 is 15.8 Å². The maximum Gasteiger partial charge on any atom is 0.417 e. The summed E-state index contributed by atoms with van der Waals surface area (Å²) in [6.07, 6.45) is -2.70. The minimum absolute atomic E-state index is 0.285. The fourth-order valence-corrected chi connectivity index (χ4v) is 5.58. The van der Waals surface area contributed by atoms with Crippen LogP contribution in [0.1, 0.15) is 17.5 Å². The molecule has 0 saturated carbocycles. The summed E-state index contributed by atoms with van der Waals surface area (Å²) in [6.45, 7) is 4.93. The van der Waals surface area contributed by atoms with Gasteiger partial charge in [0.25, 0.3) is 0 Å². The molecule has 33 heavy (non-hydrogen) atoms. The second-order valence-electron chi connectivity index (χ2n) is 8.18. The summed E-state index contributed by atoms with van der Waals surface area (Å²) >= 11 is 0. The number of pyridine rings is 1. The van der Waals surface area contributed by atoms with E-state index in [2.05, 4.69) is 9.88 Å². The van der Waals surface area contributed by atoms with Gasteiger partial charge in [-0.25, -0.2) is 13.4 Å². The van der Waals surface area contributed by atoms with E-state index in [0.29, 0.717) is 58.3 Å². The first kappa shape index (κ1) is 23.9. The molecule has 0 N–H and O–H groups in total. The highest BCUT2D eigenvalue weighted by Gasteiger charge is 2.31. The summed E-state index contributed by atoms with van der Waals surface area (Å²) in [5.41, 5.74) is 0.153. The lowest BCUT2D eigenvalue weighted by molar-refractivity contribution is -0.137. The summed E-state index contributed by atoms with van der Waals surface area (Å²) in [5, 5.41) is 0. The lowest BCUT2D eigenvalue weighted by atomic mass is 10.2. The van der Waals surface area contributed by atoms with Crippen LogP contribution < -0.4 is 4.90 Å². The van der Waals surface area contributed by atoms with Crippen molar-refractivity contribution in [2.45, 2.75) is 24.0 Å². The molecule has 0 atom stereocenters. The van der Waals surface area contributed by atoms with Gasteiger partial charge in [0.15, 0.2) is 0 Å². The van der Waals surface area contributed by atoms with E-state index in [4.69, 9.17) is 4.74 Å². The van der Waals surface area contributed by atoms with Crippen molar-refractivity contribution in [3.05, 3.63) is 53.7 Å². The number of halogens is 3. The minimum Gasteiger partial charge on any atom is -0.379 e. The van der Waals surface area contributed by atoms with Crippen LogP contribution >= 0.6 is 0 Å². The van der Waals surface area contributed by atoms with E-state index in [1.54, 1.807) is 18.2 Å². The highest BCUT2D eigenvalue weighted by molar-refractivity contribution is 7.89. The molecule has 0 unspecified atom stereocenters. The number of hydrogen-bond acceptors (Lipinski definition) is 6. The van der Waals surface area contributed by atoms with Gasteiger partial charge in [-0.15, -0.1) is 0 Å². The summed E-state index contributed by atoms with van der Waals surface area (Å²) in [7, 11) is -3.55. The van der Waals surface area contributed by atoms with Gasteiger partial charge >= 0.3 is 6.18 Å². The first-order chi connectivity index (χ1) is 15.7. The molecule has 1 aromatic carbocycles. The predicted molar refractivity (Wildman–Crippen MR) is 117 cm³/mol. The largest absolute Gasteiger partial charge is 0.417 e. The van der Waals surface area contributed by atoms with Crippen LogP contribution in [0.3, 0.4) is 0 Å². The van der Waals surface area contributed by atoms with Gasteiger partial charge in [0.2, 0.25) is 10.0 Å². The number of ether oxygens (including phenoxy) is 1. The Morgan fingerprint density at radius 3 is 2.45 bits per heavy atom. The first-order valence-electron chi connectivity index (χ1n) is 10.9. The Morgan fingerprint density at radius 2 is 1.76 bits per heavy atom. The van der Waals surface area contributed by atoms with Gasteiger partial charge in [-0.2, -0.15) is 17.5 Å². The van der Waals surface area contributed by atoms with E-state index < -0.39 is 21.8 Å². The average Bonchev–Trinajstić information content (AvgIpc) is 3.05. The Morgan fingerprint density at radius 1 is 0.970 bits per heavy atom. The van der Waals surface area contributed by atoms with Gasteiger partial charge in [0.05, 0.1) is 23.7 Å². The number of aromatic nitrogens is 1. The third kappa shape index (κ3) is 5.84. The zero-order valence-electron chi connectivity index (χ0n) is 18.2. The van der Waals surface area contributed by atoms with E-state index >= 15 is 0 Å². The number of morpholine rings is 1. The van der Waals surface area contributed by atoms with Gasteiger partial charge in [-0.1, -0.05) is 12.1 Å². The highest BCUT2D eigenvalue weighted by atomic mass is 32.2. The van der Waals surface area contributed by atoms with Crippen LogP contribution in [-0.2, 0) is 27.5 Å². The summed E-state index contributed by atoms with van der Waals surface area (Å²) < 4.78 is 71.0. The number of nitrogens with zero attached hydrogens (tertiary/aromatic N) is 4. The first-order valence-corrected chi connectivity index (χ1v) is 12.3. The summed E-state index contributed by atoms with van der Waals surface area (Å²) in [6, 6.07) is 9.50. The smallest absolute Gasteiger partial charge is 0.379 e. The van der Waals surface area contributed by atoms with Gasteiger partial charge in [-0.05, 0) is 36.2 Å². The molecule has 2 aliphatic heterocycles. The number of benzene rings is 1. The molecule has 2 saturated heterocycles. The molecule has 3 heterocycles. The Kier molecular flexibility index (Phi) is 7.22. The highest BCUT2D eigenvalue weighted by Crippen LogP contribution is 2.29. The zero-order chi connectivity index (χ0) is 23.5. The van der Waals surface area contributed by atoms with Gasteiger partial charge in [0, 0.05) is 52.0 Å². The quantitative estimate of drug-likeness (QED) is 0.651. The monoisotopic (exact) mass is 484 g/mol. The third-order valence-electron chi connectivity index (χ3n) is 5.90. The lowest BCUT2D eigenvalue weighted by Gasteiger charge is -2.26. The topological polar surface area (TPSA) is 66.0 Å². The molecule has 1 aromatic heterocycles. The normalized spacial score (nSPS) is 19.4. The van der Waals surface area contributed by atoms with E-state index in [1.807, 2.05) is 11.0 Å². The van der Waals surface area contributed by atoms with Gasteiger partial charge in [0.1, 0.15) is 5.82 Å². The zero-order valence-corrected chi connectivity index (χ0v) is 19.0. The maximum absolute atomic E-state index is 12.9. The van der Waals surface area contributed by atoms with Crippen molar-refractivity contribution in [3.8, 4) is 0 Å².